The molecule has 0 heterocycles. The molecular formula is C23H16N4O4. The fourth-order valence-electron chi connectivity index (χ4n) is 3.25. The van der Waals surface area contributed by atoms with Crippen LogP contribution < -0.4 is 10.7 Å². The van der Waals surface area contributed by atoms with E-state index < -0.39 is 16.7 Å². The van der Waals surface area contributed by atoms with Gasteiger partial charge in [0.05, 0.1) is 11.1 Å². The van der Waals surface area contributed by atoms with Gasteiger partial charge in [0.25, 0.3) is 5.69 Å². The quantitative estimate of drug-likeness (QED) is 0.173. The molecule has 0 fully saturated rings. The van der Waals surface area contributed by atoms with Crippen molar-refractivity contribution in [2.75, 3.05) is 5.32 Å². The third-order valence-electron chi connectivity index (χ3n) is 4.71. The van der Waals surface area contributed by atoms with Crippen LogP contribution in [0.25, 0.3) is 21.5 Å². The summed E-state index contributed by atoms with van der Waals surface area (Å²) in [7, 11) is 0. The van der Waals surface area contributed by atoms with Gasteiger partial charge >= 0.3 is 11.8 Å². The number of fused-ring (bicyclic) bond motifs is 2. The zero-order valence-electron chi connectivity index (χ0n) is 16.1. The Morgan fingerprint density at radius 3 is 2.00 bits per heavy atom. The molecule has 8 heteroatoms. The lowest BCUT2D eigenvalue weighted by Gasteiger charge is -2.08. The molecule has 0 bridgehead atoms. The summed E-state index contributed by atoms with van der Waals surface area (Å²) in [5.41, 5.74) is 3.19. The molecule has 0 radical (unpaired) electrons. The van der Waals surface area contributed by atoms with Gasteiger partial charge < -0.3 is 5.32 Å². The first-order chi connectivity index (χ1) is 15.0. The number of nitrogens with one attached hydrogen (secondary N) is 2. The number of hydrogen-bond acceptors (Lipinski definition) is 5. The Morgan fingerprint density at radius 2 is 1.42 bits per heavy atom. The number of benzene rings is 4. The number of nitro groups is 1. The number of amides is 2. The first kappa shape index (κ1) is 19.7. The minimum Gasteiger partial charge on any atom is -0.318 e. The fraction of sp³-hybridized carbons (Fsp3) is 0. The number of hydrogen-bond donors (Lipinski definition) is 2. The highest BCUT2D eigenvalue weighted by Gasteiger charge is 2.14. The Labute approximate surface area is 176 Å². The van der Waals surface area contributed by atoms with E-state index in [-0.39, 0.29) is 11.4 Å². The van der Waals surface area contributed by atoms with Crippen molar-refractivity contribution in [2.24, 2.45) is 5.10 Å². The zero-order valence-corrected chi connectivity index (χ0v) is 16.1. The van der Waals surface area contributed by atoms with Crippen molar-refractivity contribution in [1.29, 1.82) is 0 Å². The molecule has 0 unspecified atom stereocenters. The molecule has 2 amide bonds. The van der Waals surface area contributed by atoms with Crippen LogP contribution in [0.1, 0.15) is 5.56 Å². The molecule has 4 rings (SSSR count). The molecule has 152 valence electrons. The summed E-state index contributed by atoms with van der Waals surface area (Å²) in [6, 6.07) is 22.9. The van der Waals surface area contributed by atoms with Crippen molar-refractivity contribution >= 4 is 50.9 Å². The standard InChI is InChI=1S/C23H16N4O4/c28-22(25-17-9-11-18(12-10-17)27(30)31)23(29)26-24-14-21-19-7-3-1-5-15(19)13-16-6-2-4-8-20(16)21/h1-14H,(H,25,28)(H,26,29). The molecular weight excluding hydrogens is 396 g/mol. The lowest BCUT2D eigenvalue weighted by molar-refractivity contribution is -0.384. The van der Waals surface area contributed by atoms with Gasteiger partial charge in [-0.1, -0.05) is 48.5 Å². The third-order valence-corrected chi connectivity index (χ3v) is 4.71. The predicted molar refractivity (Wildman–Crippen MR) is 119 cm³/mol. The first-order valence-corrected chi connectivity index (χ1v) is 9.32. The van der Waals surface area contributed by atoms with Crippen molar-refractivity contribution in [3.63, 3.8) is 0 Å². The van der Waals surface area contributed by atoms with Gasteiger partial charge in [-0.05, 0) is 39.7 Å². The topological polar surface area (TPSA) is 114 Å². The second-order valence-corrected chi connectivity index (χ2v) is 6.69. The summed E-state index contributed by atoms with van der Waals surface area (Å²) < 4.78 is 0. The number of carbonyl (C=O) groups is 2. The molecule has 0 saturated heterocycles. The molecule has 0 aliphatic heterocycles. The number of carbonyl (C=O) groups excluding carboxylic acids is 2. The summed E-state index contributed by atoms with van der Waals surface area (Å²) >= 11 is 0. The molecule has 0 saturated carbocycles. The van der Waals surface area contributed by atoms with E-state index in [1.165, 1.54) is 30.5 Å². The average Bonchev–Trinajstić information content (AvgIpc) is 2.78. The van der Waals surface area contributed by atoms with E-state index in [0.29, 0.717) is 0 Å². The van der Waals surface area contributed by atoms with Gasteiger partial charge in [0.1, 0.15) is 0 Å². The van der Waals surface area contributed by atoms with Crippen molar-refractivity contribution in [1.82, 2.24) is 5.43 Å². The highest BCUT2D eigenvalue weighted by Crippen LogP contribution is 2.27. The fourth-order valence-corrected chi connectivity index (χ4v) is 3.25. The smallest absolute Gasteiger partial charge is 0.318 e. The van der Waals surface area contributed by atoms with E-state index in [9.17, 15) is 19.7 Å². The molecule has 0 atom stereocenters. The molecule has 0 aliphatic carbocycles. The summed E-state index contributed by atoms with van der Waals surface area (Å²) in [6.07, 6.45) is 1.52. The van der Waals surface area contributed by atoms with Gasteiger partial charge in [-0.2, -0.15) is 5.10 Å². The summed E-state index contributed by atoms with van der Waals surface area (Å²) in [6.45, 7) is 0. The third kappa shape index (κ3) is 4.23. The van der Waals surface area contributed by atoms with Gasteiger partial charge in [-0.25, -0.2) is 5.43 Å². The van der Waals surface area contributed by atoms with Crippen LogP contribution in [0.5, 0.6) is 0 Å². The van der Waals surface area contributed by atoms with E-state index in [1.807, 2.05) is 48.5 Å². The Balaban J connectivity index is 1.51. The van der Waals surface area contributed by atoms with Gasteiger partial charge in [0, 0.05) is 23.4 Å². The van der Waals surface area contributed by atoms with Gasteiger partial charge in [-0.15, -0.1) is 0 Å². The second kappa shape index (κ2) is 8.42. The maximum absolute atomic E-state index is 12.1. The number of nitrogens with zero attached hydrogens (tertiary/aromatic N) is 2. The second-order valence-electron chi connectivity index (χ2n) is 6.69. The van der Waals surface area contributed by atoms with Crippen molar-refractivity contribution in [2.45, 2.75) is 0 Å². The largest absolute Gasteiger partial charge is 0.329 e. The number of anilines is 1. The van der Waals surface area contributed by atoms with Gasteiger partial charge in [-0.3, -0.25) is 19.7 Å². The van der Waals surface area contributed by atoms with Gasteiger partial charge in [0.2, 0.25) is 0 Å². The highest BCUT2D eigenvalue weighted by atomic mass is 16.6. The SMILES string of the molecule is O=C(NN=Cc1c2ccccc2cc2ccccc12)C(=O)Nc1ccc([N+](=O)[O-])cc1. The molecule has 0 aliphatic rings. The minimum absolute atomic E-state index is 0.116. The monoisotopic (exact) mass is 412 g/mol. The van der Waals surface area contributed by atoms with Crippen LogP contribution in [0.15, 0.2) is 84.0 Å². The lowest BCUT2D eigenvalue weighted by atomic mass is 9.97. The van der Waals surface area contributed by atoms with E-state index >= 15 is 0 Å². The molecule has 4 aromatic rings. The van der Waals surface area contributed by atoms with Crippen LogP contribution >= 0.6 is 0 Å². The van der Waals surface area contributed by atoms with Crippen LogP contribution in [-0.2, 0) is 9.59 Å². The van der Waals surface area contributed by atoms with Crippen LogP contribution in [0.4, 0.5) is 11.4 Å². The zero-order chi connectivity index (χ0) is 21.8. The van der Waals surface area contributed by atoms with E-state index in [0.717, 1.165) is 27.1 Å². The Bertz CT molecular complexity index is 1290. The highest BCUT2D eigenvalue weighted by molar-refractivity contribution is 6.39. The number of hydrazone groups is 1. The van der Waals surface area contributed by atoms with Crippen molar-refractivity contribution < 1.29 is 14.5 Å². The number of non-ortho nitro benzene ring substituents is 1. The average molecular weight is 412 g/mol. The summed E-state index contributed by atoms with van der Waals surface area (Å²) in [4.78, 5) is 34.3. The van der Waals surface area contributed by atoms with E-state index in [4.69, 9.17) is 0 Å². The lowest BCUT2D eigenvalue weighted by Crippen LogP contribution is -2.32. The number of nitro benzene ring substituents is 1. The Morgan fingerprint density at radius 1 is 0.839 bits per heavy atom. The molecule has 2 N–H and O–H groups in total. The van der Waals surface area contributed by atoms with E-state index in [1.54, 1.807) is 0 Å². The number of rotatable bonds is 4. The Kier molecular flexibility index (Phi) is 5.35. The van der Waals surface area contributed by atoms with Crippen LogP contribution in [0.2, 0.25) is 0 Å². The van der Waals surface area contributed by atoms with E-state index in [2.05, 4.69) is 21.9 Å². The summed E-state index contributed by atoms with van der Waals surface area (Å²) in [5.74, 6) is -1.90. The summed E-state index contributed by atoms with van der Waals surface area (Å²) in [5, 5.41) is 21.0. The van der Waals surface area contributed by atoms with Crippen molar-refractivity contribution in [3.8, 4) is 0 Å². The van der Waals surface area contributed by atoms with Crippen LogP contribution in [0.3, 0.4) is 0 Å². The Hall–Kier alpha value is -4.59. The first-order valence-electron chi connectivity index (χ1n) is 9.32. The minimum atomic E-state index is -0.959. The van der Waals surface area contributed by atoms with Crippen LogP contribution in [0, 0.1) is 10.1 Å². The van der Waals surface area contributed by atoms with Crippen molar-refractivity contribution in [3.05, 3.63) is 94.5 Å². The molecule has 0 spiro atoms. The molecule has 4 aromatic carbocycles. The predicted octanol–water partition coefficient (Wildman–Crippen LogP) is 3.99. The van der Waals surface area contributed by atoms with Crippen LogP contribution in [-0.4, -0.2) is 23.0 Å². The maximum atomic E-state index is 12.1. The maximum Gasteiger partial charge on any atom is 0.329 e. The van der Waals surface area contributed by atoms with Gasteiger partial charge in [0.15, 0.2) is 0 Å². The normalized spacial score (nSPS) is 11.0. The molecule has 31 heavy (non-hydrogen) atoms. The molecule has 8 nitrogen and oxygen atoms in total. The molecule has 0 aromatic heterocycles.